The van der Waals surface area contributed by atoms with E-state index >= 15 is 0 Å². The van der Waals surface area contributed by atoms with Gasteiger partial charge < -0.3 is 9.30 Å². The molecule has 136 valence electrons. The van der Waals surface area contributed by atoms with Crippen molar-refractivity contribution in [3.63, 3.8) is 0 Å². The molecule has 0 aliphatic rings. The molecule has 3 heteroatoms. The molecule has 0 fully saturated rings. The van der Waals surface area contributed by atoms with Crippen LogP contribution in [0.3, 0.4) is 0 Å². The summed E-state index contributed by atoms with van der Waals surface area (Å²) in [5.74, 6) is 0.759. The van der Waals surface area contributed by atoms with Crippen molar-refractivity contribution in [3.05, 3.63) is 52.8 Å². The Morgan fingerprint density at radius 2 is 1.68 bits per heavy atom. The van der Waals surface area contributed by atoms with Gasteiger partial charge in [-0.3, -0.25) is 4.79 Å². The van der Waals surface area contributed by atoms with Crippen LogP contribution in [0.4, 0.5) is 0 Å². The standard InChI is InChI=1S/C22H31NO2/c1-15-12-19(16(2)23(15)22(6,7)8)20(24)14-25-18-11-9-10-17(13-18)21(3,4)5/h9-13H,14H2,1-8H3. The largest absolute Gasteiger partial charge is 0.485 e. The first kappa shape index (κ1) is 19.3. The second-order valence-corrected chi connectivity index (χ2v) is 8.78. The molecule has 25 heavy (non-hydrogen) atoms. The van der Waals surface area contributed by atoms with E-state index in [0.29, 0.717) is 0 Å². The van der Waals surface area contributed by atoms with Gasteiger partial charge in [-0.1, -0.05) is 32.9 Å². The molecule has 0 saturated carbocycles. The number of rotatable bonds is 4. The second kappa shape index (κ2) is 6.70. The number of aryl methyl sites for hydroxylation is 1. The molecule has 1 heterocycles. The Morgan fingerprint density at radius 3 is 2.20 bits per heavy atom. The monoisotopic (exact) mass is 341 g/mol. The third-order valence-electron chi connectivity index (χ3n) is 4.47. The number of hydrogen-bond acceptors (Lipinski definition) is 2. The van der Waals surface area contributed by atoms with Gasteiger partial charge in [0.15, 0.2) is 6.61 Å². The van der Waals surface area contributed by atoms with Crippen molar-refractivity contribution in [2.45, 2.75) is 66.3 Å². The first-order valence-corrected chi connectivity index (χ1v) is 8.87. The molecule has 0 aliphatic carbocycles. The van der Waals surface area contributed by atoms with Gasteiger partial charge in [-0.05, 0) is 63.8 Å². The molecule has 0 N–H and O–H groups in total. The number of carbonyl (C=O) groups excluding carboxylic acids is 1. The van der Waals surface area contributed by atoms with Crippen molar-refractivity contribution in [1.82, 2.24) is 4.57 Å². The zero-order valence-corrected chi connectivity index (χ0v) is 16.9. The van der Waals surface area contributed by atoms with Crippen LogP contribution in [0.5, 0.6) is 5.75 Å². The zero-order valence-electron chi connectivity index (χ0n) is 16.9. The molecule has 1 aromatic carbocycles. The lowest BCUT2D eigenvalue weighted by Crippen LogP contribution is -2.24. The van der Waals surface area contributed by atoms with Crippen LogP contribution in [0.25, 0.3) is 0 Å². The van der Waals surface area contributed by atoms with E-state index in [-0.39, 0.29) is 23.3 Å². The predicted molar refractivity (Wildman–Crippen MR) is 104 cm³/mol. The molecule has 0 aliphatic heterocycles. The molecular formula is C22H31NO2. The van der Waals surface area contributed by atoms with Crippen molar-refractivity contribution in [3.8, 4) is 5.75 Å². The maximum atomic E-state index is 12.7. The van der Waals surface area contributed by atoms with Gasteiger partial charge in [0.25, 0.3) is 0 Å². The Morgan fingerprint density at radius 1 is 1.04 bits per heavy atom. The average Bonchev–Trinajstić information content (AvgIpc) is 2.79. The number of carbonyl (C=O) groups is 1. The maximum Gasteiger partial charge on any atom is 0.202 e. The van der Waals surface area contributed by atoms with Crippen molar-refractivity contribution in [2.75, 3.05) is 6.61 Å². The molecular weight excluding hydrogens is 310 g/mol. The molecule has 1 aromatic heterocycles. The van der Waals surface area contributed by atoms with E-state index in [4.69, 9.17) is 4.74 Å². The van der Waals surface area contributed by atoms with Crippen LogP contribution in [0.2, 0.25) is 0 Å². The molecule has 0 spiro atoms. The van der Waals surface area contributed by atoms with Crippen LogP contribution >= 0.6 is 0 Å². The molecule has 0 unspecified atom stereocenters. The summed E-state index contributed by atoms with van der Waals surface area (Å²) in [6.45, 7) is 17.0. The Kier molecular flexibility index (Phi) is 5.17. The Labute approximate surface area is 152 Å². The quantitative estimate of drug-likeness (QED) is 0.695. The third kappa shape index (κ3) is 4.33. The summed E-state index contributed by atoms with van der Waals surface area (Å²) in [7, 11) is 0. The molecule has 0 saturated heterocycles. The van der Waals surface area contributed by atoms with Gasteiger partial charge >= 0.3 is 0 Å². The highest BCUT2D eigenvalue weighted by Crippen LogP contribution is 2.27. The predicted octanol–water partition coefficient (Wildman–Crippen LogP) is 5.42. The Bertz CT molecular complexity index is 770. The van der Waals surface area contributed by atoms with E-state index < -0.39 is 0 Å². The summed E-state index contributed by atoms with van der Waals surface area (Å²) in [6.07, 6.45) is 0. The highest BCUT2D eigenvalue weighted by molar-refractivity contribution is 5.98. The Balaban J connectivity index is 2.17. The summed E-state index contributed by atoms with van der Waals surface area (Å²) in [5, 5.41) is 0. The maximum absolute atomic E-state index is 12.7. The molecule has 0 radical (unpaired) electrons. The van der Waals surface area contributed by atoms with E-state index in [1.807, 2.05) is 38.1 Å². The van der Waals surface area contributed by atoms with Crippen LogP contribution in [0.1, 0.15) is 68.9 Å². The number of ether oxygens (including phenoxy) is 1. The van der Waals surface area contributed by atoms with E-state index in [1.54, 1.807) is 0 Å². The molecule has 0 bridgehead atoms. The van der Waals surface area contributed by atoms with Gasteiger partial charge in [0.1, 0.15) is 5.75 Å². The molecule has 0 amide bonds. The topological polar surface area (TPSA) is 31.2 Å². The lowest BCUT2D eigenvalue weighted by atomic mass is 9.87. The van der Waals surface area contributed by atoms with Crippen LogP contribution in [0, 0.1) is 13.8 Å². The fourth-order valence-electron chi connectivity index (χ4n) is 3.36. The fourth-order valence-corrected chi connectivity index (χ4v) is 3.36. The first-order valence-electron chi connectivity index (χ1n) is 8.87. The van der Waals surface area contributed by atoms with Gasteiger partial charge in [0.2, 0.25) is 5.78 Å². The van der Waals surface area contributed by atoms with Crippen LogP contribution in [-0.2, 0) is 11.0 Å². The normalized spacial score (nSPS) is 12.3. The summed E-state index contributed by atoms with van der Waals surface area (Å²) < 4.78 is 8.00. The van der Waals surface area contributed by atoms with Crippen LogP contribution in [-0.4, -0.2) is 17.0 Å². The first-order chi connectivity index (χ1) is 11.4. The lowest BCUT2D eigenvalue weighted by molar-refractivity contribution is 0.0920. The number of ketones is 1. The minimum atomic E-state index is -0.0470. The van der Waals surface area contributed by atoms with E-state index in [1.165, 1.54) is 5.56 Å². The minimum absolute atomic E-state index is 0.0183. The summed E-state index contributed by atoms with van der Waals surface area (Å²) >= 11 is 0. The highest BCUT2D eigenvalue weighted by atomic mass is 16.5. The van der Waals surface area contributed by atoms with Crippen LogP contribution < -0.4 is 4.74 Å². The van der Waals surface area contributed by atoms with Gasteiger partial charge in [0.05, 0.1) is 0 Å². The van der Waals surface area contributed by atoms with Gasteiger partial charge in [-0.15, -0.1) is 0 Å². The zero-order chi connectivity index (χ0) is 19.0. The Hall–Kier alpha value is -2.03. The molecule has 2 rings (SSSR count). The minimum Gasteiger partial charge on any atom is -0.485 e. The van der Waals surface area contributed by atoms with Gasteiger partial charge in [0, 0.05) is 22.5 Å². The van der Waals surface area contributed by atoms with Crippen molar-refractivity contribution in [1.29, 1.82) is 0 Å². The van der Waals surface area contributed by atoms with E-state index in [9.17, 15) is 4.79 Å². The molecule has 0 atom stereocenters. The number of hydrogen-bond donors (Lipinski definition) is 0. The highest BCUT2D eigenvalue weighted by Gasteiger charge is 2.23. The fraction of sp³-hybridized carbons (Fsp3) is 0.500. The van der Waals surface area contributed by atoms with Crippen molar-refractivity contribution >= 4 is 5.78 Å². The number of nitrogens with zero attached hydrogens (tertiary/aromatic N) is 1. The van der Waals surface area contributed by atoms with Gasteiger partial charge in [-0.25, -0.2) is 0 Å². The third-order valence-corrected chi connectivity index (χ3v) is 4.47. The van der Waals surface area contributed by atoms with Crippen molar-refractivity contribution in [2.24, 2.45) is 0 Å². The molecule has 3 nitrogen and oxygen atoms in total. The summed E-state index contributed by atoms with van der Waals surface area (Å²) in [4.78, 5) is 12.7. The van der Waals surface area contributed by atoms with E-state index in [2.05, 4.69) is 52.2 Å². The number of aromatic nitrogens is 1. The van der Waals surface area contributed by atoms with E-state index in [0.717, 1.165) is 22.7 Å². The number of Topliss-reactive ketones (excluding diaryl/α,β-unsaturated/α-hetero) is 1. The second-order valence-electron chi connectivity index (χ2n) is 8.78. The van der Waals surface area contributed by atoms with Gasteiger partial charge in [-0.2, -0.15) is 0 Å². The summed E-state index contributed by atoms with van der Waals surface area (Å²) in [5.41, 5.74) is 4.06. The lowest BCUT2D eigenvalue weighted by Gasteiger charge is -2.25. The average molecular weight is 341 g/mol. The summed E-state index contributed by atoms with van der Waals surface area (Å²) in [6, 6.07) is 9.96. The SMILES string of the molecule is Cc1cc(C(=O)COc2cccc(C(C)(C)C)c2)c(C)n1C(C)(C)C. The smallest absolute Gasteiger partial charge is 0.202 e. The number of benzene rings is 1. The molecule has 2 aromatic rings. The van der Waals surface area contributed by atoms with Crippen LogP contribution in [0.15, 0.2) is 30.3 Å². The van der Waals surface area contributed by atoms with Crippen molar-refractivity contribution < 1.29 is 9.53 Å².